The van der Waals surface area contributed by atoms with Crippen molar-refractivity contribution in [3.63, 3.8) is 0 Å². The van der Waals surface area contributed by atoms with E-state index in [0.717, 1.165) is 0 Å². The van der Waals surface area contributed by atoms with E-state index >= 15 is 0 Å². The molecule has 0 saturated carbocycles. The molecule has 1 heterocycles. The molecule has 0 fully saturated rings. The van der Waals surface area contributed by atoms with Crippen molar-refractivity contribution in [1.29, 1.82) is 0 Å². The van der Waals surface area contributed by atoms with Crippen LogP contribution in [0.25, 0.3) is 0 Å². The first-order valence-corrected chi connectivity index (χ1v) is 1.82. The summed E-state index contributed by atoms with van der Waals surface area (Å²) < 4.78 is 0. The fourth-order valence-corrected chi connectivity index (χ4v) is 0.279. The van der Waals surface area contributed by atoms with Crippen molar-refractivity contribution in [1.82, 2.24) is 15.0 Å². The second-order valence-electron chi connectivity index (χ2n) is 1.05. The Morgan fingerprint density at radius 2 is 2.62 bits per heavy atom. The van der Waals surface area contributed by atoms with Gasteiger partial charge in [-0.15, -0.1) is 5.10 Å². The Morgan fingerprint density at radius 1 is 1.88 bits per heavy atom. The average Bonchev–Trinajstić information content (AvgIpc) is 2.12. The molecule has 0 atom stereocenters. The van der Waals surface area contributed by atoms with Gasteiger partial charge in [0, 0.05) is 0 Å². The van der Waals surface area contributed by atoms with E-state index in [9.17, 15) is 4.79 Å². The molecule has 0 aliphatic rings. The summed E-state index contributed by atoms with van der Waals surface area (Å²) in [6.07, 6.45) is 2.20. The predicted octanol–water partition coefficient (Wildman–Crippen LogP) is -0.396. The molecule has 1 radical (unpaired) electrons. The largest absolute Gasteiger partial charge is 0.462 e. The van der Waals surface area contributed by atoms with Gasteiger partial charge in [-0.25, -0.2) is 4.79 Å². The van der Waals surface area contributed by atoms with Crippen molar-refractivity contribution in [3.05, 3.63) is 12.4 Å². The number of nitrogens with zero attached hydrogens (tertiary/aromatic N) is 3. The number of carboxylic acid groups (broad SMARTS) is 1. The van der Waals surface area contributed by atoms with Crippen LogP contribution in [0.1, 0.15) is 0 Å². The Labute approximate surface area is 44.5 Å². The Bertz CT molecular complexity index is 180. The minimum atomic E-state index is -1.20. The predicted molar refractivity (Wildman–Crippen MR) is 22.3 cm³/mol. The molecule has 41 valence electrons. The summed E-state index contributed by atoms with van der Waals surface area (Å²) in [5, 5.41) is 14.6. The topological polar surface area (TPSA) is 68.0 Å². The molecule has 0 spiro atoms. The maximum Gasteiger partial charge on any atom is 0.449 e. The zero-order valence-electron chi connectivity index (χ0n) is 3.77. The standard InChI is InChI=1S/C3H2N3O2/c7-3(8)6-4-1-2-5-6/h1H,(H,7,8). The Morgan fingerprint density at radius 3 is 2.88 bits per heavy atom. The molecule has 1 aromatic heterocycles. The van der Waals surface area contributed by atoms with Gasteiger partial charge in [-0.05, 0) is 0 Å². The normalized spacial score (nSPS) is 9.00. The van der Waals surface area contributed by atoms with Crippen molar-refractivity contribution in [2.24, 2.45) is 0 Å². The number of hydrogen-bond donors (Lipinski definition) is 1. The summed E-state index contributed by atoms with van der Waals surface area (Å²) in [7, 11) is 0. The van der Waals surface area contributed by atoms with E-state index in [-0.39, 0.29) is 0 Å². The van der Waals surface area contributed by atoms with E-state index in [1.54, 1.807) is 0 Å². The summed E-state index contributed by atoms with van der Waals surface area (Å²) in [5.41, 5.74) is 0. The highest BCUT2D eigenvalue weighted by molar-refractivity contribution is 5.64. The molecule has 5 nitrogen and oxygen atoms in total. The molecule has 1 N–H and O–H groups in total. The number of hydrogen-bond acceptors (Lipinski definition) is 3. The van der Waals surface area contributed by atoms with E-state index in [2.05, 4.69) is 16.4 Å². The zero-order valence-corrected chi connectivity index (χ0v) is 3.77. The van der Waals surface area contributed by atoms with Crippen LogP contribution in [-0.2, 0) is 0 Å². The smallest absolute Gasteiger partial charge is 0.449 e. The summed E-state index contributed by atoms with van der Waals surface area (Å²) in [4.78, 5) is 10.4. The molecule has 0 aromatic carbocycles. The fraction of sp³-hybridized carbons (Fsp3) is 0. The minimum absolute atomic E-state index is 0.528. The third-order valence-corrected chi connectivity index (χ3v) is 0.548. The summed E-state index contributed by atoms with van der Waals surface area (Å²) in [6, 6.07) is 0. The molecular formula is C3H2N3O2. The van der Waals surface area contributed by atoms with Gasteiger partial charge in [0.05, 0.1) is 6.20 Å². The highest BCUT2D eigenvalue weighted by atomic mass is 16.4. The van der Waals surface area contributed by atoms with Crippen molar-refractivity contribution in [2.75, 3.05) is 0 Å². The molecule has 0 unspecified atom stereocenters. The molecular weight excluding hydrogens is 110 g/mol. The quantitative estimate of drug-likeness (QED) is 0.496. The van der Waals surface area contributed by atoms with Crippen LogP contribution in [0.3, 0.4) is 0 Å². The summed E-state index contributed by atoms with van der Waals surface area (Å²) >= 11 is 0. The van der Waals surface area contributed by atoms with Gasteiger partial charge in [-0.1, -0.05) is 4.80 Å². The monoisotopic (exact) mass is 112 g/mol. The van der Waals surface area contributed by atoms with Crippen molar-refractivity contribution < 1.29 is 9.90 Å². The second kappa shape index (κ2) is 1.61. The lowest BCUT2D eigenvalue weighted by molar-refractivity contribution is 0.188. The maximum absolute atomic E-state index is 9.88. The van der Waals surface area contributed by atoms with Crippen LogP contribution in [0.15, 0.2) is 6.20 Å². The Hall–Kier alpha value is -1.39. The van der Waals surface area contributed by atoms with Crippen LogP contribution >= 0.6 is 0 Å². The van der Waals surface area contributed by atoms with Gasteiger partial charge in [0.2, 0.25) is 0 Å². The first-order valence-electron chi connectivity index (χ1n) is 1.82. The minimum Gasteiger partial charge on any atom is -0.462 e. The molecule has 0 amide bonds. The second-order valence-corrected chi connectivity index (χ2v) is 1.05. The molecule has 5 heteroatoms. The lowest BCUT2D eigenvalue weighted by atomic mass is 11.0. The third kappa shape index (κ3) is 0.651. The Kier molecular flexibility index (Phi) is 0.957. The van der Waals surface area contributed by atoms with Crippen molar-refractivity contribution in [2.45, 2.75) is 0 Å². The molecule has 8 heavy (non-hydrogen) atoms. The van der Waals surface area contributed by atoms with Gasteiger partial charge in [0.25, 0.3) is 0 Å². The summed E-state index contributed by atoms with van der Waals surface area (Å²) in [5.74, 6) is 0. The van der Waals surface area contributed by atoms with E-state index in [1.807, 2.05) is 0 Å². The number of rotatable bonds is 0. The highest BCUT2D eigenvalue weighted by Crippen LogP contribution is 1.72. The average molecular weight is 112 g/mol. The number of aromatic nitrogens is 3. The van der Waals surface area contributed by atoms with Crippen LogP contribution in [0.2, 0.25) is 0 Å². The zero-order chi connectivity index (χ0) is 5.98. The molecule has 1 aromatic rings. The first kappa shape index (κ1) is 4.76. The fourth-order valence-electron chi connectivity index (χ4n) is 0.279. The lowest BCUT2D eigenvalue weighted by Crippen LogP contribution is -2.10. The van der Waals surface area contributed by atoms with Crippen LogP contribution in [-0.4, -0.2) is 26.2 Å². The maximum atomic E-state index is 9.88. The van der Waals surface area contributed by atoms with Crippen molar-refractivity contribution in [3.8, 4) is 0 Å². The summed E-state index contributed by atoms with van der Waals surface area (Å²) in [6.45, 7) is 0. The van der Waals surface area contributed by atoms with Gasteiger partial charge in [0.15, 0.2) is 0 Å². The lowest BCUT2D eigenvalue weighted by Gasteiger charge is -1.82. The van der Waals surface area contributed by atoms with Gasteiger partial charge in [0.1, 0.15) is 6.20 Å². The third-order valence-electron chi connectivity index (χ3n) is 0.548. The van der Waals surface area contributed by atoms with E-state index in [0.29, 0.717) is 4.80 Å². The van der Waals surface area contributed by atoms with Crippen molar-refractivity contribution >= 4 is 6.09 Å². The molecule has 0 saturated heterocycles. The van der Waals surface area contributed by atoms with Gasteiger partial charge in [-0.3, -0.25) is 0 Å². The molecule has 1 rings (SSSR count). The molecule has 0 bridgehead atoms. The van der Waals surface area contributed by atoms with Gasteiger partial charge >= 0.3 is 6.09 Å². The van der Waals surface area contributed by atoms with Crippen LogP contribution in [0.5, 0.6) is 0 Å². The van der Waals surface area contributed by atoms with E-state index in [1.165, 1.54) is 6.20 Å². The van der Waals surface area contributed by atoms with Crippen LogP contribution in [0, 0.1) is 6.20 Å². The van der Waals surface area contributed by atoms with E-state index in [4.69, 9.17) is 5.11 Å². The SMILES string of the molecule is O=C(O)n1n[c]cn1. The van der Waals surface area contributed by atoms with Gasteiger partial charge < -0.3 is 5.11 Å². The van der Waals surface area contributed by atoms with Crippen LogP contribution < -0.4 is 0 Å². The molecule has 0 aliphatic carbocycles. The van der Waals surface area contributed by atoms with E-state index < -0.39 is 6.09 Å². The first-order chi connectivity index (χ1) is 3.80. The molecule has 0 aliphatic heterocycles. The van der Waals surface area contributed by atoms with Crippen LogP contribution in [0.4, 0.5) is 4.79 Å². The highest BCUT2D eigenvalue weighted by Gasteiger charge is 1.97. The van der Waals surface area contributed by atoms with Gasteiger partial charge in [-0.2, -0.15) is 5.10 Å². The Balaban J connectivity index is 2.93. The number of carbonyl (C=O) groups is 1.